The van der Waals surface area contributed by atoms with Crippen molar-refractivity contribution in [3.63, 3.8) is 0 Å². The van der Waals surface area contributed by atoms with Gasteiger partial charge in [-0.1, -0.05) is 40.3 Å². The molecule has 2 aromatic rings. The number of hydrogen-bond donors (Lipinski definition) is 1. The van der Waals surface area contributed by atoms with Gasteiger partial charge < -0.3 is 5.11 Å². The molecule has 1 aliphatic rings. The van der Waals surface area contributed by atoms with Crippen LogP contribution in [0.5, 0.6) is 0 Å². The van der Waals surface area contributed by atoms with Gasteiger partial charge in [-0.05, 0) is 18.9 Å². The zero-order valence-corrected chi connectivity index (χ0v) is 15.3. The van der Waals surface area contributed by atoms with Gasteiger partial charge >= 0.3 is 5.97 Å². The Labute approximate surface area is 146 Å². The van der Waals surface area contributed by atoms with E-state index in [9.17, 15) is 4.79 Å². The molecule has 2 heterocycles. The van der Waals surface area contributed by atoms with Crippen LogP contribution < -0.4 is 0 Å². The van der Waals surface area contributed by atoms with Gasteiger partial charge in [-0.15, -0.1) is 11.3 Å². The third-order valence-electron chi connectivity index (χ3n) is 4.85. The predicted molar refractivity (Wildman–Crippen MR) is 96.7 cm³/mol. The molecule has 5 heteroatoms. The fraction of sp³-hybridized carbons (Fsp3) is 0.421. The standard InChI is InChI=1S/C19H22N2O2S/c1-11(12-6-7-13(17(22)23)20-10-12)16-21-14-15(24-16)19(4,5)9-8-18(14,2)3/h6-7,10H,1,8-9H2,2-5H3,(H,22,23). The predicted octanol–water partition coefficient (Wildman–Crippen LogP) is 4.65. The smallest absolute Gasteiger partial charge is 0.354 e. The van der Waals surface area contributed by atoms with Crippen LogP contribution >= 0.6 is 11.3 Å². The topological polar surface area (TPSA) is 63.1 Å². The van der Waals surface area contributed by atoms with Crippen LogP contribution in [-0.4, -0.2) is 21.0 Å². The van der Waals surface area contributed by atoms with Crippen molar-refractivity contribution in [2.24, 2.45) is 0 Å². The lowest BCUT2D eigenvalue weighted by molar-refractivity contribution is 0.0690. The van der Waals surface area contributed by atoms with E-state index in [2.05, 4.69) is 39.3 Å². The number of aromatic carboxylic acids is 1. The SMILES string of the molecule is C=C(c1ccc(C(=O)O)nc1)c1nc2c(s1)C(C)(C)CCC2(C)C. The van der Waals surface area contributed by atoms with E-state index in [1.54, 1.807) is 23.6 Å². The molecule has 4 nitrogen and oxygen atoms in total. The molecule has 0 saturated heterocycles. The van der Waals surface area contributed by atoms with E-state index in [1.165, 1.54) is 16.6 Å². The largest absolute Gasteiger partial charge is 0.477 e. The fourth-order valence-corrected chi connectivity index (χ4v) is 4.41. The van der Waals surface area contributed by atoms with Gasteiger partial charge in [-0.2, -0.15) is 0 Å². The van der Waals surface area contributed by atoms with Crippen LogP contribution in [0.15, 0.2) is 24.9 Å². The van der Waals surface area contributed by atoms with Gasteiger partial charge in [0.1, 0.15) is 10.7 Å². The Bertz CT molecular complexity index is 783. The molecule has 24 heavy (non-hydrogen) atoms. The zero-order chi connectivity index (χ0) is 17.7. The summed E-state index contributed by atoms with van der Waals surface area (Å²) >= 11 is 1.70. The molecule has 0 aromatic carbocycles. The van der Waals surface area contributed by atoms with Gasteiger partial charge in [0.05, 0.1) is 5.69 Å². The van der Waals surface area contributed by atoms with Crippen LogP contribution in [0.25, 0.3) is 5.57 Å². The normalized spacial score (nSPS) is 18.0. The van der Waals surface area contributed by atoms with E-state index < -0.39 is 5.97 Å². The quantitative estimate of drug-likeness (QED) is 0.882. The average molecular weight is 342 g/mol. The number of fused-ring (bicyclic) bond motifs is 1. The number of thiazole rings is 1. The molecule has 0 spiro atoms. The first-order valence-electron chi connectivity index (χ1n) is 8.03. The summed E-state index contributed by atoms with van der Waals surface area (Å²) in [5.41, 5.74) is 3.02. The number of aromatic nitrogens is 2. The van der Waals surface area contributed by atoms with E-state index in [4.69, 9.17) is 10.1 Å². The Morgan fingerprint density at radius 3 is 2.42 bits per heavy atom. The van der Waals surface area contributed by atoms with Crippen molar-refractivity contribution >= 4 is 22.9 Å². The molecule has 0 amide bonds. The molecule has 2 aromatic heterocycles. The van der Waals surface area contributed by atoms with Crippen LogP contribution in [0.2, 0.25) is 0 Å². The summed E-state index contributed by atoms with van der Waals surface area (Å²) in [6.07, 6.45) is 3.83. The van der Waals surface area contributed by atoms with E-state index in [-0.39, 0.29) is 16.5 Å². The van der Waals surface area contributed by atoms with Crippen LogP contribution in [0.3, 0.4) is 0 Å². The minimum absolute atomic E-state index is 0.0345. The van der Waals surface area contributed by atoms with Crippen LogP contribution in [0.4, 0.5) is 0 Å². The molecule has 126 valence electrons. The van der Waals surface area contributed by atoms with Crippen molar-refractivity contribution in [1.82, 2.24) is 9.97 Å². The summed E-state index contributed by atoms with van der Waals surface area (Å²) < 4.78 is 0. The van der Waals surface area contributed by atoms with Gasteiger partial charge in [-0.3, -0.25) is 0 Å². The molecule has 1 aliphatic carbocycles. The summed E-state index contributed by atoms with van der Waals surface area (Å²) in [5.74, 6) is -1.03. The first kappa shape index (κ1) is 16.8. The van der Waals surface area contributed by atoms with Crippen LogP contribution in [0.1, 0.15) is 72.2 Å². The lowest BCUT2D eigenvalue weighted by atomic mass is 9.69. The van der Waals surface area contributed by atoms with Crippen LogP contribution in [-0.2, 0) is 10.8 Å². The van der Waals surface area contributed by atoms with Crippen molar-refractivity contribution in [2.45, 2.75) is 51.4 Å². The Balaban J connectivity index is 2.00. The molecule has 0 atom stereocenters. The Kier molecular flexibility index (Phi) is 3.87. The van der Waals surface area contributed by atoms with Crippen molar-refractivity contribution in [1.29, 1.82) is 0 Å². The average Bonchev–Trinajstić information content (AvgIpc) is 2.99. The number of carbonyl (C=O) groups is 1. The fourth-order valence-electron chi connectivity index (χ4n) is 3.05. The van der Waals surface area contributed by atoms with Crippen LogP contribution in [0, 0.1) is 0 Å². The molecule has 0 radical (unpaired) electrons. The lowest BCUT2D eigenvalue weighted by Gasteiger charge is -2.37. The van der Waals surface area contributed by atoms with Crippen molar-refractivity contribution in [3.05, 3.63) is 51.7 Å². The molecule has 3 rings (SSSR count). The maximum absolute atomic E-state index is 10.9. The summed E-state index contributed by atoms with van der Waals surface area (Å²) in [5, 5.41) is 9.86. The molecule has 0 unspecified atom stereocenters. The second-order valence-electron chi connectivity index (χ2n) is 7.68. The Morgan fingerprint density at radius 2 is 1.88 bits per heavy atom. The van der Waals surface area contributed by atoms with E-state index in [0.29, 0.717) is 0 Å². The van der Waals surface area contributed by atoms with Gasteiger partial charge in [0.15, 0.2) is 0 Å². The molecular formula is C19H22N2O2S. The molecule has 0 bridgehead atoms. The molecule has 1 N–H and O–H groups in total. The Hall–Kier alpha value is -2.01. The molecule has 0 aliphatic heterocycles. The molecule has 0 saturated carbocycles. The molecular weight excluding hydrogens is 320 g/mol. The second-order valence-corrected chi connectivity index (χ2v) is 8.68. The Morgan fingerprint density at radius 1 is 1.21 bits per heavy atom. The molecule has 0 fully saturated rings. The summed E-state index contributed by atoms with van der Waals surface area (Å²) in [7, 11) is 0. The van der Waals surface area contributed by atoms with E-state index >= 15 is 0 Å². The minimum atomic E-state index is -1.03. The highest BCUT2D eigenvalue weighted by Crippen LogP contribution is 2.48. The van der Waals surface area contributed by atoms with E-state index in [1.807, 2.05) is 0 Å². The van der Waals surface area contributed by atoms with Gasteiger partial charge in [0.2, 0.25) is 0 Å². The number of carboxylic acid groups (broad SMARTS) is 1. The maximum Gasteiger partial charge on any atom is 0.354 e. The second kappa shape index (κ2) is 5.52. The van der Waals surface area contributed by atoms with Gasteiger partial charge in [-0.25, -0.2) is 14.8 Å². The number of nitrogens with zero attached hydrogens (tertiary/aromatic N) is 2. The third-order valence-corrected chi connectivity index (χ3v) is 6.33. The number of pyridine rings is 1. The minimum Gasteiger partial charge on any atom is -0.477 e. The zero-order valence-electron chi connectivity index (χ0n) is 14.5. The number of hydrogen-bond acceptors (Lipinski definition) is 4. The summed E-state index contributed by atoms with van der Waals surface area (Å²) in [6, 6.07) is 3.25. The highest BCUT2D eigenvalue weighted by Gasteiger charge is 2.40. The maximum atomic E-state index is 10.9. The first-order valence-corrected chi connectivity index (χ1v) is 8.84. The van der Waals surface area contributed by atoms with Crippen molar-refractivity contribution in [3.8, 4) is 0 Å². The monoisotopic (exact) mass is 342 g/mol. The summed E-state index contributed by atoms with van der Waals surface area (Å²) in [4.78, 5) is 21.2. The van der Waals surface area contributed by atoms with E-state index in [0.717, 1.165) is 29.0 Å². The third kappa shape index (κ3) is 2.77. The highest BCUT2D eigenvalue weighted by atomic mass is 32.1. The van der Waals surface area contributed by atoms with Crippen molar-refractivity contribution < 1.29 is 9.90 Å². The lowest BCUT2D eigenvalue weighted by Crippen LogP contribution is -2.32. The first-order chi connectivity index (χ1) is 11.1. The van der Waals surface area contributed by atoms with Gasteiger partial charge in [0, 0.05) is 33.0 Å². The van der Waals surface area contributed by atoms with Crippen molar-refractivity contribution in [2.75, 3.05) is 0 Å². The number of carboxylic acids is 1. The highest BCUT2D eigenvalue weighted by molar-refractivity contribution is 7.13. The number of rotatable bonds is 3. The summed E-state index contributed by atoms with van der Waals surface area (Å²) in [6.45, 7) is 13.2. The van der Waals surface area contributed by atoms with Gasteiger partial charge in [0.25, 0.3) is 0 Å².